The molecule has 6 heteroatoms. The van der Waals surface area contributed by atoms with Crippen LogP contribution in [-0.2, 0) is 9.53 Å². The number of hydrogen-bond acceptors (Lipinski definition) is 4. The molecule has 2 heterocycles. The predicted octanol–water partition coefficient (Wildman–Crippen LogP) is 2.06. The zero-order valence-corrected chi connectivity index (χ0v) is 14.1. The van der Waals surface area contributed by atoms with Crippen LogP contribution in [0.4, 0.5) is 4.39 Å². The van der Waals surface area contributed by atoms with Crippen LogP contribution in [-0.4, -0.2) is 66.3 Å². The summed E-state index contributed by atoms with van der Waals surface area (Å²) < 4.78 is 18.9. The number of aryl methyl sites for hydroxylation is 1. The predicted molar refractivity (Wildman–Crippen MR) is 88.5 cm³/mol. The molecule has 1 aromatic rings. The van der Waals surface area contributed by atoms with Gasteiger partial charge in [0.1, 0.15) is 11.9 Å². The summed E-state index contributed by atoms with van der Waals surface area (Å²) >= 11 is 0. The number of piperazine rings is 1. The van der Waals surface area contributed by atoms with Gasteiger partial charge in [-0.1, -0.05) is 12.1 Å². The van der Waals surface area contributed by atoms with E-state index in [1.165, 1.54) is 6.07 Å². The van der Waals surface area contributed by atoms with Crippen molar-refractivity contribution in [3.8, 4) is 0 Å². The van der Waals surface area contributed by atoms with Gasteiger partial charge in [0.25, 0.3) is 0 Å². The van der Waals surface area contributed by atoms with Gasteiger partial charge in [-0.2, -0.15) is 0 Å². The summed E-state index contributed by atoms with van der Waals surface area (Å²) in [5, 5.41) is 9.69. The molecule has 2 aliphatic rings. The first kappa shape index (κ1) is 17.3. The number of rotatable bonds is 4. The molecular formula is C18H25FN2O3. The average Bonchev–Trinajstić information content (AvgIpc) is 2.59. The maximum atomic E-state index is 13.5. The molecule has 0 aliphatic carbocycles. The van der Waals surface area contributed by atoms with Crippen molar-refractivity contribution < 1.29 is 19.0 Å². The third-order valence-corrected chi connectivity index (χ3v) is 5.15. The van der Waals surface area contributed by atoms with E-state index in [0.29, 0.717) is 30.3 Å². The second-order valence-electron chi connectivity index (χ2n) is 6.66. The molecule has 1 aromatic carbocycles. The molecule has 132 valence electrons. The number of hydrogen-bond donors (Lipinski definition) is 1. The summed E-state index contributed by atoms with van der Waals surface area (Å²) in [5.74, 6) is -1.17. The Bertz CT molecular complexity index is 582. The van der Waals surface area contributed by atoms with Crippen molar-refractivity contribution in [2.24, 2.45) is 0 Å². The van der Waals surface area contributed by atoms with E-state index in [-0.39, 0.29) is 5.82 Å². The van der Waals surface area contributed by atoms with Crippen LogP contribution in [0.2, 0.25) is 0 Å². The Hall–Kier alpha value is -1.50. The number of nitrogens with zero attached hydrogens (tertiary/aromatic N) is 2. The van der Waals surface area contributed by atoms with E-state index in [2.05, 4.69) is 4.90 Å². The molecule has 2 fully saturated rings. The molecule has 0 spiro atoms. The molecule has 0 saturated carbocycles. The van der Waals surface area contributed by atoms with Crippen LogP contribution >= 0.6 is 0 Å². The van der Waals surface area contributed by atoms with Crippen molar-refractivity contribution in [1.82, 2.24) is 9.80 Å². The number of carbonyl (C=O) groups is 1. The van der Waals surface area contributed by atoms with Gasteiger partial charge in [0.15, 0.2) is 0 Å². The van der Waals surface area contributed by atoms with Crippen LogP contribution in [0.1, 0.15) is 30.0 Å². The highest BCUT2D eigenvalue weighted by Crippen LogP contribution is 2.26. The molecular weight excluding hydrogens is 311 g/mol. The van der Waals surface area contributed by atoms with Crippen molar-refractivity contribution in [1.29, 1.82) is 0 Å². The molecule has 1 N–H and O–H groups in total. The van der Waals surface area contributed by atoms with Gasteiger partial charge >= 0.3 is 5.97 Å². The smallest absolute Gasteiger partial charge is 0.325 e. The third-order valence-electron chi connectivity index (χ3n) is 5.15. The lowest BCUT2D eigenvalue weighted by Crippen LogP contribution is -2.53. The first-order valence-electron chi connectivity index (χ1n) is 8.61. The largest absolute Gasteiger partial charge is 0.480 e. The Morgan fingerprint density at radius 2 is 1.92 bits per heavy atom. The molecule has 2 aliphatic heterocycles. The molecule has 3 rings (SSSR count). The lowest BCUT2D eigenvalue weighted by molar-refractivity contribution is -0.144. The monoisotopic (exact) mass is 336 g/mol. The Labute approximate surface area is 142 Å². The minimum absolute atomic E-state index is 0.299. The second kappa shape index (κ2) is 7.59. The molecule has 2 saturated heterocycles. The Balaban J connectivity index is 1.67. The third kappa shape index (κ3) is 3.77. The van der Waals surface area contributed by atoms with Gasteiger partial charge in [-0.25, -0.2) is 4.39 Å². The molecule has 1 atom stereocenters. The number of carboxylic acid groups (broad SMARTS) is 1. The van der Waals surface area contributed by atoms with E-state index < -0.39 is 12.0 Å². The molecule has 24 heavy (non-hydrogen) atoms. The van der Waals surface area contributed by atoms with Crippen LogP contribution in [0.15, 0.2) is 18.2 Å². The van der Waals surface area contributed by atoms with E-state index in [1.54, 1.807) is 19.1 Å². The summed E-state index contributed by atoms with van der Waals surface area (Å²) in [5.41, 5.74) is 1.14. The molecule has 1 unspecified atom stereocenters. The molecule has 5 nitrogen and oxygen atoms in total. The molecule has 0 bridgehead atoms. The normalized spacial score (nSPS) is 22.4. The highest BCUT2D eigenvalue weighted by molar-refractivity contribution is 5.75. The number of benzene rings is 1. The van der Waals surface area contributed by atoms with E-state index >= 15 is 0 Å². The lowest BCUT2D eigenvalue weighted by Gasteiger charge is -2.42. The second-order valence-corrected chi connectivity index (χ2v) is 6.66. The number of carboxylic acids is 1. The van der Waals surface area contributed by atoms with Crippen molar-refractivity contribution in [2.45, 2.75) is 31.8 Å². The fourth-order valence-corrected chi connectivity index (χ4v) is 3.76. The summed E-state index contributed by atoms with van der Waals surface area (Å²) in [6.07, 6.45) is 2.11. The van der Waals surface area contributed by atoms with Crippen LogP contribution < -0.4 is 0 Å². The summed E-state index contributed by atoms with van der Waals surface area (Å²) in [7, 11) is 0. The highest BCUT2D eigenvalue weighted by Gasteiger charge is 2.32. The van der Waals surface area contributed by atoms with Gasteiger partial charge in [0, 0.05) is 45.4 Å². The molecule has 0 radical (unpaired) electrons. The van der Waals surface area contributed by atoms with Gasteiger partial charge in [0.05, 0.1) is 0 Å². The zero-order valence-electron chi connectivity index (χ0n) is 14.1. The zero-order chi connectivity index (χ0) is 17.1. The van der Waals surface area contributed by atoms with E-state index in [0.717, 1.165) is 39.1 Å². The van der Waals surface area contributed by atoms with Crippen molar-refractivity contribution in [3.05, 3.63) is 35.1 Å². The standard InChI is InChI=1S/C18H25FN2O3/c1-13-12-14(2-3-16(13)19)17(18(22)23)21-8-6-20(7-9-21)15-4-10-24-11-5-15/h2-3,12,15,17H,4-11H2,1H3,(H,22,23). The Morgan fingerprint density at radius 1 is 1.25 bits per heavy atom. The maximum Gasteiger partial charge on any atom is 0.325 e. The number of aliphatic carboxylic acids is 1. The summed E-state index contributed by atoms with van der Waals surface area (Å²) in [4.78, 5) is 16.3. The van der Waals surface area contributed by atoms with Crippen LogP contribution in [0.3, 0.4) is 0 Å². The Morgan fingerprint density at radius 3 is 2.50 bits per heavy atom. The van der Waals surface area contributed by atoms with Gasteiger partial charge < -0.3 is 9.84 Å². The van der Waals surface area contributed by atoms with Gasteiger partial charge in [-0.05, 0) is 37.0 Å². The van der Waals surface area contributed by atoms with Crippen LogP contribution in [0.5, 0.6) is 0 Å². The van der Waals surface area contributed by atoms with Gasteiger partial charge in [0.2, 0.25) is 0 Å². The number of halogens is 1. The van der Waals surface area contributed by atoms with Crippen molar-refractivity contribution >= 4 is 5.97 Å². The van der Waals surface area contributed by atoms with Gasteiger partial charge in [-0.3, -0.25) is 14.6 Å². The maximum absolute atomic E-state index is 13.5. The lowest BCUT2D eigenvalue weighted by atomic mass is 10.0. The van der Waals surface area contributed by atoms with Crippen LogP contribution in [0.25, 0.3) is 0 Å². The minimum Gasteiger partial charge on any atom is -0.480 e. The minimum atomic E-state index is -0.875. The highest BCUT2D eigenvalue weighted by atomic mass is 19.1. The average molecular weight is 336 g/mol. The fraction of sp³-hybridized carbons (Fsp3) is 0.611. The van der Waals surface area contributed by atoms with Gasteiger partial charge in [-0.15, -0.1) is 0 Å². The van der Waals surface area contributed by atoms with Crippen molar-refractivity contribution in [3.63, 3.8) is 0 Å². The van der Waals surface area contributed by atoms with Crippen molar-refractivity contribution in [2.75, 3.05) is 39.4 Å². The summed E-state index contributed by atoms with van der Waals surface area (Å²) in [6.45, 7) is 6.47. The molecule has 0 amide bonds. The first-order valence-corrected chi connectivity index (χ1v) is 8.61. The summed E-state index contributed by atoms with van der Waals surface area (Å²) in [6, 6.07) is 4.45. The first-order chi connectivity index (χ1) is 11.6. The van der Waals surface area contributed by atoms with E-state index in [1.807, 2.05) is 4.90 Å². The SMILES string of the molecule is Cc1cc(C(C(=O)O)N2CCN(C3CCOCC3)CC2)ccc1F. The van der Waals surface area contributed by atoms with Crippen LogP contribution in [0, 0.1) is 12.7 Å². The van der Waals surface area contributed by atoms with E-state index in [4.69, 9.17) is 4.74 Å². The topological polar surface area (TPSA) is 53.0 Å². The quantitative estimate of drug-likeness (QED) is 0.912. The fourth-order valence-electron chi connectivity index (χ4n) is 3.76. The Kier molecular flexibility index (Phi) is 5.48. The number of ether oxygens (including phenoxy) is 1. The molecule has 0 aromatic heterocycles. The van der Waals surface area contributed by atoms with E-state index in [9.17, 15) is 14.3 Å².